The molecule has 3 rings (SSSR count). The molecular weight excluding hydrogens is 380 g/mol. The van der Waals surface area contributed by atoms with E-state index >= 15 is 0 Å². The van der Waals surface area contributed by atoms with E-state index in [0.29, 0.717) is 18.8 Å². The predicted molar refractivity (Wildman–Crippen MR) is 100 cm³/mol. The van der Waals surface area contributed by atoms with Crippen molar-refractivity contribution in [2.24, 2.45) is 0 Å². The zero-order valence-corrected chi connectivity index (χ0v) is 15.6. The van der Waals surface area contributed by atoms with Crippen LogP contribution in [0.2, 0.25) is 0 Å². The fourth-order valence-corrected chi connectivity index (χ4v) is 3.03. The van der Waals surface area contributed by atoms with Crippen LogP contribution in [0.25, 0.3) is 0 Å². The highest BCUT2D eigenvalue weighted by molar-refractivity contribution is 9.10. The number of likely N-dealkylation sites (N-methyl/N-ethyl adjacent to an activating group) is 1. The first-order chi connectivity index (χ1) is 12.1. The summed E-state index contributed by atoms with van der Waals surface area (Å²) in [6, 6.07) is 18.0. The van der Waals surface area contributed by atoms with Gasteiger partial charge in [-0.15, -0.1) is 5.10 Å². The van der Waals surface area contributed by atoms with Gasteiger partial charge in [-0.05, 0) is 29.7 Å². The molecule has 1 aromatic heterocycles. The molecule has 0 aliphatic rings. The van der Waals surface area contributed by atoms with Crippen molar-refractivity contribution in [3.05, 3.63) is 82.1 Å². The third-order valence-electron chi connectivity index (χ3n) is 3.98. The third-order valence-corrected chi connectivity index (χ3v) is 4.48. The summed E-state index contributed by atoms with van der Waals surface area (Å²) in [5.74, 6) is -0.0732. The number of hydrogen-bond donors (Lipinski definition) is 0. The second-order valence-electron chi connectivity index (χ2n) is 5.87. The molecule has 0 unspecified atom stereocenters. The number of hydrogen-bond acceptors (Lipinski definition) is 3. The first kappa shape index (κ1) is 17.4. The molecule has 1 heterocycles. The van der Waals surface area contributed by atoms with Crippen molar-refractivity contribution >= 4 is 21.8 Å². The molecule has 128 valence electrons. The van der Waals surface area contributed by atoms with Crippen LogP contribution < -0.4 is 0 Å². The van der Waals surface area contributed by atoms with E-state index < -0.39 is 0 Å². The Morgan fingerprint density at radius 1 is 1.12 bits per heavy atom. The van der Waals surface area contributed by atoms with E-state index in [4.69, 9.17) is 0 Å². The summed E-state index contributed by atoms with van der Waals surface area (Å²) in [7, 11) is 1.81. The van der Waals surface area contributed by atoms with E-state index in [1.807, 2.05) is 42.5 Å². The highest BCUT2D eigenvalue weighted by atomic mass is 79.9. The van der Waals surface area contributed by atoms with Crippen LogP contribution in [0.1, 0.15) is 21.6 Å². The molecule has 0 saturated heterocycles. The Morgan fingerprint density at radius 2 is 1.88 bits per heavy atom. The number of carbonyl (C=O) groups excluding carboxylic acids is 1. The maximum atomic E-state index is 12.7. The van der Waals surface area contributed by atoms with Crippen molar-refractivity contribution in [1.82, 2.24) is 19.9 Å². The number of benzene rings is 2. The molecule has 0 atom stereocenters. The van der Waals surface area contributed by atoms with Crippen molar-refractivity contribution in [1.29, 1.82) is 0 Å². The lowest BCUT2D eigenvalue weighted by Crippen LogP contribution is -2.31. The Balaban J connectivity index is 1.65. The number of amides is 1. The zero-order chi connectivity index (χ0) is 17.6. The highest BCUT2D eigenvalue weighted by Gasteiger charge is 2.17. The van der Waals surface area contributed by atoms with Gasteiger partial charge in [0, 0.05) is 18.1 Å². The number of rotatable bonds is 6. The molecule has 0 bridgehead atoms. The maximum Gasteiger partial charge on any atom is 0.273 e. The van der Waals surface area contributed by atoms with E-state index in [2.05, 4.69) is 38.4 Å². The van der Waals surface area contributed by atoms with Crippen molar-refractivity contribution in [3.8, 4) is 0 Å². The van der Waals surface area contributed by atoms with E-state index in [9.17, 15) is 4.79 Å². The van der Waals surface area contributed by atoms with Crippen molar-refractivity contribution in [3.63, 3.8) is 0 Å². The number of halogens is 1. The Hall–Kier alpha value is -2.47. The van der Waals surface area contributed by atoms with E-state index in [1.54, 1.807) is 16.6 Å². The summed E-state index contributed by atoms with van der Waals surface area (Å²) in [4.78, 5) is 14.4. The fraction of sp³-hybridized carbons (Fsp3) is 0.211. The van der Waals surface area contributed by atoms with Crippen LogP contribution >= 0.6 is 15.9 Å². The van der Waals surface area contributed by atoms with Gasteiger partial charge in [0.2, 0.25) is 0 Å². The lowest BCUT2D eigenvalue weighted by Gasteiger charge is -2.17. The minimum Gasteiger partial charge on any atom is -0.340 e. The zero-order valence-electron chi connectivity index (χ0n) is 14.0. The molecule has 5 nitrogen and oxygen atoms in total. The summed E-state index contributed by atoms with van der Waals surface area (Å²) in [6.07, 6.45) is 2.32. The minimum absolute atomic E-state index is 0.0732. The molecule has 0 N–H and O–H groups in total. The van der Waals surface area contributed by atoms with Gasteiger partial charge in [0.25, 0.3) is 5.91 Å². The number of nitrogens with zero attached hydrogens (tertiary/aromatic N) is 4. The van der Waals surface area contributed by atoms with Crippen molar-refractivity contribution < 1.29 is 4.79 Å². The number of carbonyl (C=O) groups is 1. The highest BCUT2D eigenvalue weighted by Crippen LogP contribution is 2.13. The maximum absolute atomic E-state index is 12.7. The molecule has 0 fully saturated rings. The van der Waals surface area contributed by atoms with Gasteiger partial charge in [-0.3, -0.25) is 4.79 Å². The fourth-order valence-electron chi connectivity index (χ4n) is 2.58. The van der Waals surface area contributed by atoms with Gasteiger partial charge in [-0.1, -0.05) is 63.6 Å². The first-order valence-corrected chi connectivity index (χ1v) is 8.85. The Kier molecular flexibility index (Phi) is 5.60. The monoisotopic (exact) mass is 398 g/mol. The van der Waals surface area contributed by atoms with Crippen LogP contribution in [0.5, 0.6) is 0 Å². The van der Waals surface area contributed by atoms with Crippen LogP contribution in [-0.2, 0) is 13.0 Å². The van der Waals surface area contributed by atoms with Gasteiger partial charge in [-0.25, -0.2) is 4.68 Å². The van der Waals surface area contributed by atoms with E-state index in [-0.39, 0.29) is 5.91 Å². The Bertz CT molecular complexity index is 847. The van der Waals surface area contributed by atoms with Gasteiger partial charge >= 0.3 is 0 Å². The third kappa shape index (κ3) is 4.54. The van der Waals surface area contributed by atoms with E-state index in [1.165, 1.54) is 11.8 Å². The van der Waals surface area contributed by atoms with Crippen LogP contribution in [0.15, 0.2) is 65.3 Å². The Labute approximate surface area is 155 Å². The predicted octanol–water partition coefficient (Wildman–Crippen LogP) is 3.40. The standard InChI is InChI=1S/C19H19BrN4O/c1-23(11-10-15-8-5-9-17(20)12-15)19(25)18-13-21-22-24(18)14-16-6-3-2-4-7-16/h2-9,12-13H,10-11,14H2,1H3. The first-order valence-electron chi connectivity index (χ1n) is 8.06. The van der Waals surface area contributed by atoms with Crippen molar-refractivity contribution in [2.75, 3.05) is 13.6 Å². The summed E-state index contributed by atoms with van der Waals surface area (Å²) in [5, 5.41) is 7.97. The second-order valence-corrected chi connectivity index (χ2v) is 6.78. The lowest BCUT2D eigenvalue weighted by atomic mass is 10.1. The molecule has 2 aromatic carbocycles. The average molecular weight is 399 g/mol. The molecule has 0 radical (unpaired) electrons. The quantitative estimate of drug-likeness (QED) is 0.639. The van der Waals surface area contributed by atoms with Gasteiger partial charge in [0.05, 0.1) is 12.7 Å². The summed E-state index contributed by atoms with van der Waals surface area (Å²) in [5.41, 5.74) is 2.77. The van der Waals surface area contributed by atoms with Gasteiger partial charge in [0.15, 0.2) is 0 Å². The molecule has 3 aromatic rings. The van der Waals surface area contributed by atoms with Crippen LogP contribution in [0.3, 0.4) is 0 Å². The van der Waals surface area contributed by atoms with Gasteiger partial charge < -0.3 is 4.90 Å². The number of aromatic nitrogens is 3. The van der Waals surface area contributed by atoms with Gasteiger partial charge in [-0.2, -0.15) is 0 Å². The topological polar surface area (TPSA) is 51.0 Å². The summed E-state index contributed by atoms with van der Waals surface area (Å²) < 4.78 is 2.69. The molecule has 0 aliphatic heterocycles. The van der Waals surface area contributed by atoms with Gasteiger partial charge in [0.1, 0.15) is 5.69 Å². The molecule has 6 heteroatoms. The molecular formula is C19H19BrN4O. The SMILES string of the molecule is CN(CCc1cccc(Br)c1)C(=O)c1cnnn1Cc1ccccc1. The Morgan fingerprint density at radius 3 is 2.64 bits per heavy atom. The molecule has 0 saturated carbocycles. The summed E-state index contributed by atoms with van der Waals surface area (Å²) >= 11 is 3.47. The average Bonchev–Trinajstić information content (AvgIpc) is 3.08. The molecule has 25 heavy (non-hydrogen) atoms. The van der Waals surface area contributed by atoms with E-state index in [0.717, 1.165) is 16.5 Å². The van der Waals surface area contributed by atoms with Crippen molar-refractivity contribution in [2.45, 2.75) is 13.0 Å². The van der Waals surface area contributed by atoms with Crippen LogP contribution in [-0.4, -0.2) is 39.4 Å². The van der Waals surface area contributed by atoms with Crippen LogP contribution in [0.4, 0.5) is 0 Å². The van der Waals surface area contributed by atoms with Crippen LogP contribution in [0, 0.1) is 0 Å². The second kappa shape index (κ2) is 8.07. The smallest absolute Gasteiger partial charge is 0.273 e. The molecule has 0 aliphatic carbocycles. The summed E-state index contributed by atoms with van der Waals surface area (Å²) in [6.45, 7) is 1.16. The largest absolute Gasteiger partial charge is 0.340 e. The normalized spacial score (nSPS) is 10.6. The molecule has 0 spiro atoms. The molecule has 1 amide bonds. The minimum atomic E-state index is -0.0732. The lowest BCUT2D eigenvalue weighted by molar-refractivity contribution is 0.0785.